The van der Waals surface area contributed by atoms with Gasteiger partial charge in [-0.3, -0.25) is 0 Å². The lowest BCUT2D eigenvalue weighted by atomic mass is 9.84. The molecule has 0 aromatic carbocycles. The van der Waals surface area contributed by atoms with Gasteiger partial charge in [0.05, 0.1) is 12.2 Å². The third kappa shape index (κ3) is 5.96. The molecule has 2 unspecified atom stereocenters. The van der Waals surface area contributed by atoms with Crippen molar-refractivity contribution in [3.8, 4) is 0 Å². The quantitative estimate of drug-likeness (QED) is 0.346. The first-order valence-corrected chi connectivity index (χ1v) is 17.8. The van der Waals surface area contributed by atoms with Crippen LogP contribution in [0, 0.1) is 5.92 Å². The van der Waals surface area contributed by atoms with Crippen LogP contribution in [0.2, 0.25) is 39.3 Å². The minimum absolute atomic E-state index is 0.0456. The molecular formula is C22H36Cl2O2Si2. The molecule has 0 radical (unpaired) electrons. The Morgan fingerprint density at radius 1 is 0.714 bits per heavy atom. The van der Waals surface area contributed by atoms with Crippen LogP contribution in [0.4, 0.5) is 0 Å². The Morgan fingerprint density at radius 3 is 1.32 bits per heavy atom. The topological polar surface area (TPSA) is 18.5 Å². The summed E-state index contributed by atoms with van der Waals surface area (Å²) in [5, 5.41) is 1.83. The zero-order valence-corrected chi connectivity index (χ0v) is 22.4. The Morgan fingerprint density at radius 2 is 1.04 bits per heavy atom. The van der Waals surface area contributed by atoms with Gasteiger partial charge in [-0.05, 0) is 75.4 Å². The second-order valence-electron chi connectivity index (χ2n) is 9.83. The molecule has 0 aliphatic heterocycles. The SMILES string of the molecule is CC(O[Si](C)(C)C)C1=CCC(Cl)=C1C(C)C1=C(Cl)CC=C1C(C)O[Si](C)(C)C. The van der Waals surface area contributed by atoms with Gasteiger partial charge in [0, 0.05) is 28.8 Å². The van der Waals surface area contributed by atoms with Crippen molar-refractivity contribution in [3.05, 3.63) is 44.5 Å². The Balaban J connectivity index is 2.31. The fourth-order valence-electron chi connectivity index (χ4n) is 4.22. The lowest BCUT2D eigenvalue weighted by molar-refractivity contribution is 0.249. The first-order chi connectivity index (χ1) is 12.7. The highest BCUT2D eigenvalue weighted by Crippen LogP contribution is 2.46. The molecule has 2 aliphatic carbocycles. The van der Waals surface area contributed by atoms with E-state index >= 15 is 0 Å². The van der Waals surface area contributed by atoms with Gasteiger partial charge < -0.3 is 8.85 Å². The second-order valence-corrected chi connectivity index (χ2v) is 19.7. The van der Waals surface area contributed by atoms with Gasteiger partial charge in [-0.2, -0.15) is 0 Å². The summed E-state index contributed by atoms with van der Waals surface area (Å²) >= 11 is 13.4. The van der Waals surface area contributed by atoms with Crippen LogP contribution in [-0.4, -0.2) is 28.8 Å². The fraction of sp³-hybridized carbons (Fsp3) is 0.636. The average molecular weight is 460 g/mol. The minimum Gasteiger partial charge on any atom is -0.411 e. The molecule has 2 aliphatic rings. The van der Waals surface area contributed by atoms with Crippen molar-refractivity contribution < 1.29 is 8.85 Å². The second kappa shape index (κ2) is 8.95. The summed E-state index contributed by atoms with van der Waals surface area (Å²) in [6.45, 7) is 19.8. The molecule has 0 amide bonds. The maximum atomic E-state index is 6.72. The molecule has 0 aromatic rings. The van der Waals surface area contributed by atoms with Crippen LogP contribution < -0.4 is 0 Å². The summed E-state index contributed by atoms with van der Waals surface area (Å²) in [7, 11) is -3.30. The summed E-state index contributed by atoms with van der Waals surface area (Å²) in [5.74, 6) is 0.128. The number of hydrogen-bond acceptors (Lipinski definition) is 2. The molecule has 0 aromatic heterocycles. The lowest BCUT2D eigenvalue weighted by Gasteiger charge is -2.31. The predicted octanol–water partition coefficient (Wildman–Crippen LogP) is 7.75. The molecule has 0 spiro atoms. The molecule has 28 heavy (non-hydrogen) atoms. The van der Waals surface area contributed by atoms with Crippen LogP contribution in [0.5, 0.6) is 0 Å². The highest BCUT2D eigenvalue weighted by Gasteiger charge is 2.35. The van der Waals surface area contributed by atoms with Crippen molar-refractivity contribution in [3.63, 3.8) is 0 Å². The number of allylic oxidation sites excluding steroid dienone is 4. The molecular weight excluding hydrogens is 423 g/mol. The Kier molecular flexibility index (Phi) is 7.72. The molecule has 0 saturated carbocycles. The van der Waals surface area contributed by atoms with Crippen LogP contribution in [0.1, 0.15) is 33.6 Å². The van der Waals surface area contributed by atoms with E-state index in [9.17, 15) is 0 Å². The Bertz CT molecular complexity index is 675. The van der Waals surface area contributed by atoms with Gasteiger partial charge in [0.1, 0.15) is 0 Å². The molecule has 2 nitrogen and oxygen atoms in total. The van der Waals surface area contributed by atoms with Gasteiger partial charge in [-0.15, -0.1) is 0 Å². The van der Waals surface area contributed by atoms with Crippen molar-refractivity contribution in [2.45, 2.75) is 85.1 Å². The van der Waals surface area contributed by atoms with E-state index in [2.05, 4.69) is 72.2 Å². The van der Waals surface area contributed by atoms with Gasteiger partial charge >= 0.3 is 0 Å². The van der Waals surface area contributed by atoms with Crippen LogP contribution in [0.25, 0.3) is 0 Å². The molecule has 2 atom stereocenters. The van der Waals surface area contributed by atoms with E-state index in [4.69, 9.17) is 32.1 Å². The summed E-state index contributed by atoms with van der Waals surface area (Å²) in [6, 6.07) is 0. The highest BCUT2D eigenvalue weighted by molar-refractivity contribution is 6.70. The standard InChI is InChI=1S/C22H36Cl2O2Si2/c1-14(21-17(10-12-19(21)23)15(2)25-27(4,5)6)22-18(11-13-20(22)24)16(3)26-28(7,8)9/h10-11,14-16H,12-13H2,1-9H3. The van der Waals surface area contributed by atoms with E-state index in [0.717, 1.165) is 22.9 Å². The van der Waals surface area contributed by atoms with Gasteiger partial charge in [-0.25, -0.2) is 0 Å². The molecule has 2 rings (SSSR count). The third-order valence-corrected chi connectivity index (χ3v) is 7.85. The van der Waals surface area contributed by atoms with E-state index in [1.807, 2.05) is 0 Å². The highest BCUT2D eigenvalue weighted by atomic mass is 35.5. The molecule has 158 valence electrons. The van der Waals surface area contributed by atoms with E-state index in [1.54, 1.807) is 0 Å². The average Bonchev–Trinajstić information content (AvgIpc) is 3.06. The van der Waals surface area contributed by atoms with Crippen molar-refractivity contribution >= 4 is 39.8 Å². The summed E-state index contributed by atoms with van der Waals surface area (Å²) < 4.78 is 12.7. The number of halogens is 2. The monoisotopic (exact) mass is 458 g/mol. The Labute approximate surface area is 183 Å². The largest absolute Gasteiger partial charge is 0.411 e. The predicted molar refractivity (Wildman–Crippen MR) is 128 cm³/mol. The molecule has 6 heteroatoms. The number of hydrogen-bond donors (Lipinski definition) is 0. The van der Waals surface area contributed by atoms with Crippen molar-refractivity contribution in [1.29, 1.82) is 0 Å². The van der Waals surface area contributed by atoms with Crippen LogP contribution in [0.15, 0.2) is 44.5 Å². The molecule has 0 N–H and O–H groups in total. The van der Waals surface area contributed by atoms with Gasteiger partial charge in [-0.1, -0.05) is 42.3 Å². The zero-order chi connectivity index (χ0) is 21.4. The zero-order valence-electron chi connectivity index (χ0n) is 18.9. The van der Waals surface area contributed by atoms with Crippen molar-refractivity contribution in [1.82, 2.24) is 0 Å². The van der Waals surface area contributed by atoms with E-state index in [-0.39, 0.29) is 18.1 Å². The minimum atomic E-state index is -1.65. The first kappa shape index (κ1) is 24.2. The molecule has 0 bridgehead atoms. The summed E-state index contributed by atoms with van der Waals surface area (Å²) in [6.07, 6.45) is 6.11. The Hall–Kier alpha value is -0.106. The smallest absolute Gasteiger partial charge is 0.184 e. The van der Waals surface area contributed by atoms with Gasteiger partial charge in [0.25, 0.3) is 0 Å². The summed E-state index contributed by atoms with van der Waals surface area (Å²) in [4.78, 5) is 0. The van der Waals surface area contributed by atoms with Crippen molar-refractivity contribution in [2.75, 3.05) is 0 Å². The van der Waals surface area contributed by atoms with E-state index < -0.39 is 16.6 Å². The normalized spacial score (nSPS) is 21.8. The van der Waals surface area contributed by atoms with Crippen LogP contribution in [-0.2, 0) is 8.85 Å². The summed E-state index contributed by atoms with van der Waals surface area (Å²) in [5.41, 5.74) is 4.82. The first-order valence-electron chi connectivity index (χ1n) is 10.2. The molecule has 0 fully saturated rings. The third-order valence-electron chi connectivity index (χ3n) is 5.01. The van der Waals surface area contributed by atoms with Crippen LogP contribution >= 0.6 is 23.2 Å². The molecule has 0 heterocycles. The molecule has 0 saturated heterocycles. The van der Waals surface area contributed by atoms with E-state index in [0.29, 0.717) is 0 Å². The number of rotatable bonds is 8. The maximum Gasteiger partial charge on any atom is 0.184 e. The lowest BCUT2D eigenvalue weighted by Crippen LogP contribution is -2.33. The van der Waals surface area contributed by atoms with E-state index in [1.165, 1.54) is 22.3 Å². The maximum absolute atomic E-state index is 6.72. The fourth-order valence-corrected chi connectivity index (χ4v) is 7.30. The van der Waals surface area contributed by atoms with Gasteiger partial charge in [0.15, 0.2) is 16.6 Å². The van der Waals surface area contributed by atoms with Crippen molar-refractivity contribution in [2.24, 2.45) is 5.92 Å². The van der Waals surface area contributed by atoms with Gasteiger partial charge in [0.2, 0.25) is 0 Å². The van der Waals surface area contributed by atoms with Crippen LogP contribution in [0.3, 0.4) is 0 Å².